The minimum Gasteiger partial charge on any atom is -0.368 e. The summed E-state index contributed by atoms with van der Waals surface area (Å²) in [7, 11) is 0. The number of benzene rings is 2. The number of anilines is 1. The van der Waals surface area contributed by atoms with Crippen molar-refractivity contribution < 1.29 is 14.4 Å². The number of rotatable bonds is 5. The summed E-state index contributed by atoms with van der Waals surface area (Å²) in [4.78, 5) is 48.1. The van der Waals surface area contributed by atoms with E-state index in [4.69, 9.17) is 0 Å². The van der Waals surface area contributed by atoms with Crippen LogP contribution in [0.2, 0.25) is 0 Å². The van der Waals surface area contributed by atoms with Crippen molar-refractivity contribution in [3.8, 4) is 0 Å². The number of fused-ring (bicyclic) bond motifs is 1. The number of thiazole rings is 1. The van der Waals surface area contributed by atoms with Crippen LogP contribution in [-0.4, -0.2) is 65.1 Å². The lowest BCUT2D eigenvalue weighted by molar-refractivity contribution is -0.128. The fourth-order valence-electron chi connectivity index (χ4n) is 6.94. The number of carbonyl (C=O) groups excluding carboxylic acids is 3. The van der Waals surface area contributed by atoms with Crippen LogP contribution in [-0.2, 0) is 9.59 Å². The molecule has 2 N–H and O–H groups in total. The first-order chi connectivity index (χ1) is 19.9. The van der Waals surface area contributed by atoms with Crippen molar-refractivity contribution in [2.75, 3.05) is 38.0 Å². The van der Waals surface area contributed by atoms with Gasteiger partial charge < -0.3 is 20.4 Å². The van der Waals surface area contributed by atoms with E-state index in [-0.39, 0.29) is 23.4 Å². The van der Waals surface area contributed by atoms with Crippen LogP contribution in [0.15, 0.2) is 78.0 Å². The van der Waals surface area contributed by atoms with Crippen LogP contribution in [0.4, 0.5) is 5.13 Å². The van der Waals surface area contributed by atoms with Crippen LogP contribution >= 0.6 is 11.3 Å². The van der Waals surface area contributed by atoms with E-state index in [1.165, 1.54) is 33.6 Å². The van der Waals surface area contributed by atoms with Gasteiger partial charge in [-0.15, -0.1) is 11.3 Å². The summed E-state index contributed by atoms with van der Waals surface area (Å²) >= 11 is 1.18. The molecule has 0 saturated carbocycles. The highest BCUT2D eigenvalue weighted by molar-refractivity contribution is 7.14. The average Bonchev–Trinajstić information content (AvgIpc) is 3.49. The molecule has 5 aliphatic rings. The number of Topliss-reactive ketones (excluding diaryl/α,β-unsaturated/α-hetero) is 1. The third-order valence-electron chi connectivity index (χ3n) is 9.00. The summed E-state index contributed by atoms with van der Waals surface area (Å²) in [6.45, 7) is 5.04. The van der Waals surface area contributed by atoms with Crippen LogP contribution in [0.25, 0.3) is 0 Å². The van der Waals surface area contributed by atoms with Crippen molar-refractivity contribution in [2.24, 2.45) is 5.41 Å². The number of nitrogens with one attached hydrogen (secondary N) is 2. The first-order valence-electron chi connectivity index (χ1n) is 14.1. The van der Waals surface area contributed by atoms with Crippen molar-refractivity contribution in [3.05, 3.63) is 106 Å². The van der Waals surface area contributed by atoms with Gasteiger partial charge in [0.1, 0.15) is 11.5 Å². The molecule has 9 heteroatoms. The molecule has 1 fully saturated rings. The molecule has 2 aliphatic heterocycles. The van der Waals surface area contributed by atoms with Crippen LogP contribution in [0.3, 0.4) is 0 Å². The van der Waals surface area contributed by atoms with Crippen molar-refractivity contribution >= 4 is 34.1 Å². The molecular formula is C32H31N5O3S. The quantitative estimate of drug-likeness (QED) is 0.358. The van der Waals surface area contributed by atoms with E-state index < -0.39 is 17.1 Å². The highest BCUT2D eigenvalue weighted by atomic mass is 32.1. The zero-order valence-corrected chi connectivity index (χ0v) is 23.6. The van der Waals surface area contributed by atoms with Gasteiger partial charge in [0.2, 0.25) is 5.91 Å². The van der Waals surface area contributed by atoms with Crippen molar-refractivity contribution in [1.82, 2.24) is 20.1 Å². The molecule has 41 heavy (non-hydrogen) atoms. The van der Waals surface area contributed by atoms with Crippen LogP contribution < -0.4 is 10.6 Å². The Morgan fingerprint density at radius 2 is 1.63 bits per heavy atom. The minimum absolute atomic E-state index is 0.0724. The molecule has 1 aromatic heterocycles. The fraction of sp³-hybridized carbons (Fsp3) is 0.312. The number of hydrogen-bond acceptors (Lipinski definition) is 7. The minimum atomic E-state index is -0.683. The van der Waals surface area contributed by atoms with Crippen LogP contribution in [0.1, 0.15) is 57.9 Å². The van der Waals surface area contributed by atoms with Crippen molar-refractivity contribution in [3.63, 3.8) is 0 Å². The molecule has 8 rings (SSSR count). The second kappa shape index (κ2) is 9.99. The number of allylic oxidation sites excluding steroid dienone is 2. The number of hydrogen-bond donors (Lipinski definition) is 2. The van der Waals surface area contributed by atoms with Gasteiger partial charge in [-0.05, 0) is 41.7 Å². The number of aromatic nitrogens is 1. The first-order valence-corrected chi connectivity index (χ1v) is 15.0. The van der Waals surface area contributed by atoms with Gasteiger partial charge in [0.05, 0.1) is 5.41 Å². The van der Waals surface area contributed by atoms with Gasteiger partial charge in [-0.1, -0.05) is 60.7 Å². The smallest absolute Gasteiger partial charge is 0.296 e. The highest BCUT2D eigenvalue weighted by Crippen LogP contribution is 2.61. The number of carbonyl (C=O) groups is 3. The average molecular weight is 566 g/mol. The molecule has 2 amide bonds. The molecule has 0 spiro atoms. The molecule has 8 nitrogen and oxygen atoms in total. The van der Waals surface area contributed by atoms with Gasteiger partial charge in [-0.3, -0.25) is 14.4 Å². The monoisotopic (exact) mass is 565 g/mol. The lowest BCUT2D eigenvalue weighted by Gasteiger charge is -2.50. The van der Waals surface area contributed by atoms with E-state index in [0.717, 1.165) is 12.4 Å². The summed E-state index contributed by atoms with van der Waals surface area (Å²) < 4.78 is 0. The summed E-state index contributed by atoms with van der Waals surface area (Å²) in [6.07, 6.45) is 6.78. The second-order valence-corrected chi connectivity index (χ2v) is 12.2. The predicted molar refractivity (Wildman–Crippen MR) is 158 cm³/mol. The Hall–Kier alpha value is -4.24. The molecule has 208 valence electrons. The Kier molecular flexibility index (Phi) is 6.27. The molecule has 1 saturated heterocycles. The van der Waals surface area contributed by atoms with Crippen LogP contribution in [0, 0.1) is 5.41 Å². The number of amides is 2. The van der Waals surface area contributed by atoms with Gasteiger partial charge in [0.15, 0.2) is 5.13 Å². The Labute approximate surface area is 242 Å². The lowest BCUT2D eigenvalue weighted by Crippen LogP contribution is -2.51. The summed E-state index contributed by atoms with van der Waals surface area (Å²) in [5.41, 5.74) is 4.39. The molecule has 2 bridgehead atoms. The summed E-state index contributed by atoms with van der Waals surface area (Å²) in [6, 6.07) is 16.8. The number of dihydropyridines is 1. The number of ketones is 1. The third kappa shape index (κ3) is 4.26. The van der Waals surface area contributed by atoms with E-state index >= 15 is 0 Å². The maximum absolute atomic E-state index is 13.9. The molecule has 2 aromatic carbocycles. The maximum Gasteiger partial charge on any atom is 0.296 e. The standard InChI is InChI=1S/C32H31N5O3S/c1-32(18-24-20-8-2-4-10-22(20)27(32)23-11-5-3-9-21(23)24)30(40)35-31-34-25(19-41-31)28(38)29(39)37-16-14-36(15-17-37)26-12-6-7-13-33-26/h2-12,19,24,27,33H,13-18H2,1H3,(H,34,35,40). The second-order valence-electron chi connectivity index (χ2n) is 11.3. The van der Waals surface area contributed by atoms with Crippen molar-refractivity contribution in [1.29, 1.82) is 0 Å². The maximum atomic E-state index is 13.9. The van der Waals surface area contributed by atoms with E-state index in [9.17, 15) is 14.4 Å². The Bertz CT molecular complexity index is 1570. The van der Waals surface area contributed by atoms with Gasteiger partial charge in [-0.2, -0.15) is 0 Å². The van der Waals surface area contributed by atoms with E-state index in [1.54, 1.807) is 10.3 Å². The number of piperazine rings is 1. The lowest BCUT2D eigenvalue weighted by atomic mass is 9.52. The highest BCUT2D eigenvalue weighted by Gasteiger charge is 2.54. The Balaban J connectivity index is 1.05. The molecule has 3 heterocycles. The topological polar surface area (TPSA) is 94.6 Å². The molecule has 1 unspecified atom stereocenters. The first kappa shape index (κ1) is 25.7. The zero-order valence-electron chi connectivity index (χ0n) is 22.8. The van der Waals surface area contributed by atoms with Crippen LogP contribution in [0.5, 0.6) is 0 Å². The van der Waals surface area contributed by atoms with Gasteiger partial charge >= 0.3 is 0 Å². The molecule has 3 aliphatic carbocycles. The molecular weight excluding hydrogens is 534 g/mol. The fourth-order valence-corrected chi connectivity index (χ4v) is 7.62. The van der Waals surface area contributed by atoms with Gasteiger partial charge in [0.25, 0.3) is 11.7 Å². The molecule has 0 radical (unpaired) electrons. The summed E-state index contributed by atoms with van der Waals surface area (Å²) in [5, 5.41) is 8.23. The number of nitrogens with zero attached hydrogens (tertiary/aromatic N) is 3. The van der Waals surface area contributed by atoms with E-state index in [2.05, 4.69) is 56.9 Å². The largest absolute Gasteiger partial charge is 0.368 e. The summed E-state index contributed by atoms with van der Waals surface area (Å²) in [5.74, 6) is -0.194. The zero-order chi connectivity index (χ0) is 28.1. The Morgan fingerprint density at radius 1 is 0.976 bits per heavy atom. The predicted octanol–water partition coefficient (Wildman–Crippen LogP) is 4.10. The third-order valence-corrected chi connectivity index (χ3v) is 9.76. The van der Waals surface area contributed by atoms with Gasteiger partial charge in [0, 0.05) is 49.9 Å². The van der Waals surface area contributed by atoms with Gasteiger partial charge in [-0.25, -0.2) is 4.98 Å². The van der Waals surface area contributed by atoms with E-state index in [1.807, 2.05) is 37.3 Å². The SMILES string of the molecule is CC1(C(=O)Nc2nc(C(=O)C(=O)N3CCN(C4=CC=CCN4)CC3)cs2)CC2c3ccccc3C1c1ccccc12. The van der Waals surface area contributed by atoms with Crippen molar-refractivity contribution in [2.45, 2.75) is 25.2 Å². The molecule has 1 atom stereocenters. The van der Waals surface area contributed by atoms with E-state index in [0.29, 0.717) is 37.7 Å². The Morgan fingerprint density at radius 3 is 2.27 bits per heavy atom. The molecule has 3 aromatic rings. The normalized spacial score (nSPS) is 24.2.